The van der Waals surface area contributed by atoms with Gasteiger partial charge in [-0.05, 0) is 207 Å². The Morgan fingerprint density at radius 3 is 1.44 bits per heavy atom. The first-order valence-electron chi connectivity index (χ1n) is 27.6. The summed E-state index contributed by atoms with van der Waals surface area (Å²) in [5.41, 5.74) is 4.81. The first-order valence-corrected chi connectivity index (χ1v) is 28.7. The lowest BCUT2D eigenvalue weighted by Gasteiger charge is -2.41. The Hall–Kier alpha value is -2.66. The Balaban J connectivity index is 0.000000206. The van der Waals surface area contributed by atoms with E-state index in [1.54, 1.807) is 0 Å². The summed E-state index contributed by atoms with van der Waals surface area (Å²) in [7, 11) is 0. The molecular formula is C62H95Cl3N4O4. The number of amides is 1. The van der Waals surface area contributed by atoms with Crippen LogP contribution in [0.5, 0.6) is 0 Å². The van der Waals surface area contributed by atoms with Crippen molar-refractivity contribution in [2.75, 3.05) is 78.7 Å². The van der Waals surface area contributed by atoms with E-state index in [1.807, 2.05) is 69.0 Å². The van der Waals surface area contributed by atoms with Crippen LogP contribution in [0.4, 0.5) is 4.79 Å². The van der Waals surface area contributed by atoms with Crippen molar-refractivity contribution in [2.24, 2.45) is 11.8 Å². The highest BCUT2D eigenvalue weighted by Crippen LogP contribution is 2.35. The van der Waals surface area contributed by atoms with E-state index in [0.717, 1.165) is 98.5 Å². The molecule has 0 saturated carbocycles. The minimum absolute atomic E-state index is 0.0174. The topological polar surface area (TPSA) is 68.7 Å². The number of likely N-dealkylation sites (tertiary alicyclic amines) is 2. The van der Waals surface area contributed by atoms with E-state index in [4.69, 9.17) is 44.3 Å². The fourth-order valence-electron chi connectivity index (χ4n) is 10.8. The van der Waals surface area contributed by atoms with E-state index in [1.165, 1.54) is 74.0 Å². The average molecular weight is 1070 g/mol. The van der Waals surface area contributed by atoms with Gasteiger partial charge in [0.1, 0.15) is 5.60 Å². The fraction of sp³-hybridized carbons (Fsp3) is 0.661. The number of piperazine rings is 1. The summed E-state index contributed by atoms with van der Waals surface area (Å²) in [6, 6.07) is 25.1. The predicted octanol–water partition coefficient (Wildman–Crippen LogP) is 14.9. The van der Waals surface area contributed by atoms with Crippen LogP contribution >= 0.6 is 34.8 Å². The highest BCUT2D eigenvalue weighted by molar-refractivity contribution is 6.31. The molecule has 1 atom stereocenters. The van der Waals surface area contributed by atoms with Crippen LogP contribution in [0.2, 0.25) is 15.1 Å². The van der Waals surface area contributed by atoms with E-state index in [0.29, 0.717) is 19.1 Å². The van der Waals surface area contributed by atoms with Crippen molar-refractivity contribution in [3.05, 3.63) is 116 Å². The maximum atomic E-state index is 12.4. The number of carbonyl (C=O) groups is 1. The van der Waals surface area contributed by atoms with E-state index in [2.05, 4.69) is 113 Å². The van der Waals surface area contributed by atoms with Crippen molar-refractivity contribution >= 4 is 40.9 Å². The minimum atomic E-state index is -0.457. The molecule has 4 aliphatic heterocycles. The maximum absolute atomic E-state index is 12.4. The third kappa shape index (κ3) is 20.7. The number of aliphatic hydroxyl groups is 1. The molecule has 3 aromatic rings. The summed E-state index contributed by atoms with van der Waals surface area (Å²) in [5, 5.41) is 12.4. The maximum Gasteiger partial charge on any atom is 0.410 e. The lowest BCUT2D eigenvalue weighted by molar-refractivity contribution is -0.00645. The molecule has 8 nitrogen and oxygen atoms in total. The van der Waals surface area contributed by atoms with Crippen LogP contribution in [0.25, 0.3) is 0 Å². The molecule has 4 saturated heterocycles. The van der Waals surface area contributed by atoms with E-state index in [9.17, 15) is 9.90 Å². The van der Waals surface area contributed by atoms with Gasteiger partial charge in [0, 0.05) is 73.6 Å². The lowest BCUT2D eigenvalue weighted by Crippen LogP contribution is -2.53. The van der Waals surface area contributed by atoms with Gasteiger partial charge in [0.15, 0.2) is 0 Å². The quantitative estimate of drug-likeness (QED) is 0.161. The molecule has 1 unspecified atom stereocenters. The van der Waals surface area contributed by atoms with E-state index < -0.39 is 11.2 Å². The van der Waals surface area contributed by atoms with Crippen LogP contribution in [0.15, 0.2) is 84.4 Å². The highest BCUT2D eigenvalue weighted by atomic mass is 35.5. The van der Waals surface area contributed by atoms with Gasteiger partial charge in [0.25, 0.3) is 0 Å². The zero-order chi connectivity index (χ0) is 53.6. The fourth-order valence-corrected chi connectivity index (χ4v) is 11.2. The number of hydrogen-bond acceptors (Lipinski definition) is 7. The Labute approximate surface area is 458 Å². The zero-order valence-electron chi connectivity index (χ0n) is 47.2. The molecule has 0 aromatic heterocycles. The van der Waals surface area contributed by atoms with Gasteiger partial charge in [0.05, 0.1) is 5.60 Å². The zero-order valence-corrected chi connectivity index (χ0v) is 49.4. The first kappa shape index (κ1) is 61.2. The molecule has 11 heteroatoms. The van der Waals surface area contributed by atoms with Crippen molar-refractivity contribution in [1.82, 2.24) is 19.6 Å². The van der Waals surface area contributed by atoms with Crippen molar-refractivity contribution in [3.8, 4) is 0 Å². The van der Waals surface area contributed by atoms with Crippen LogP contribution in [-0.2, 0) is 25.7 Å². The summed E-state index contributed by atoms with van der Waals surface area (Å²) >= 11 is 18.1. The SMILES string of the molecule is CC(C)(CCN1CCC(C2CCOCC2)CC1)c1ccc(Cl)cc1.CC(C)=CC(CC(C)(C)c1ccc(Cl)cc1)N1CCN(C(=O)OC(C)(C)C)CC1.CC1(O)CCN(CCC(C)(C)c2ccc(Cl)cc2)CC1. The van der Waals surface area contributed by atoms with Gasteiger partial charge in [-0.25, -0.2) is 4.79 Å². The molecule has 3 aromatic carbocycles. The van der Waals surface area contributed by atoms with Crippen LogP contribution in [0, 0.1) is 11.8 Å². The number of benzene rings is 3. The van der Waals surface area contributed by atoms with E-state index >= 15 is 0 Å². The van der Waals surface area contributed by atoms with Gasteiger partial charge in [-0.15, -0.1) is 0 Å². The molecule has 73 heavy (non-hydrogen) atoms. The standard InChI is InChI=1S/C24H37ClN2O2.C21H32ClNO.C17H26ClNO/c1-18(2)16-21(17-24(6,7)19-8-10-20(25)11-9-19)26-12-14-27(15-13-26)22(28)29-23(3,4)5;1-21(2,19-3-5-20(22)6-4-19)11-14-23-12-7-17(8-13-23)18-9-15-24-16-10-18;1-16(2,14-4-6-15(18)7-5-14)8-11-19-12-9-17(3,20)10-13-19/h8-11,16,21H,12-15,17H2,1-7H3;3-6,17-18H,7-16H2,1-2H3;4-7,20H,8-13H2,1-3H3. The molecular weight excluding hydrogens is 971 g/mol. The van der Waals surface area contributed by atoms with Gasteiger partial charge in [-0.3, -0.25) is 4.90 Å². The van der Waals surface area contributed by atoms with Crippen LogP contribution in [0.3, 0.4) is 0 Å². The largest absolute Gasteiger partial charge is 0.444 e. The molecule has 0 spiro atoms. The molecule has 7 rings (SSSR count). The average Bonchev–Trinajstić information content (AvgIpc) is 3.33. The van der Waals surface area contributed by atoms with Gasteiger partial charge in [0.2, 0.25) is 0 Å². The first-order chi connectivity index (χ1) is 34.2. The Kier molecular flexibility index (Phi) is 23.1. The van der Waals surface area contributed by atoms with Gasteiger partial charge in [-0.2, -0.15) is 0 Å². The van der Waals surface area contributed by atoms with Crippen LogP contribution < -0.4 is 0 Å². The number of nitrogens with zero attached hydrogens (tertiary/aromatic N) is 4. The number of hydrogen-bond donors (Lipinski definition) is 1. The second-order valence-electron chi connectivity index (χ2n) is 25.2. The molecule has 0 radical (unpaired) electrons. The molecule has 0 bridgehead atoms. The van der Waals surface area contributed by atoms with E-state index in [-0.39, 0.29) is 22.3 Å². The van der Waals surface area contributed by atoms with Crippen LogP contribution in [-0.4, -0.2) is 127 Å². The Morgan fingerprint density at radius 2 is 1.03 bits per heavy atom. The number of halogens is 3. The van der Waals surface area contributed by atoms with Gasteiger partial charge in [-0.1, -0.05) is 124 Å². The summed E-state index contributed by atoms with van der Waals surface area (Å²) in [4.78, 5) is 21.8. The number of rotatable bonds is 14. The third-order valence-corrected chi connectivity index (χ3v) is 16.9. The summed E-state index contributed by atoms with van der Waals surface area (Å²) in [5.74, 6) is 1.86. The normalized spacial score (nSPS) is 19.5. The molecule has 4 heterocycles. The predicted molar refractivity (Wildman–Crippen MR) is 309 cm³/mol. The number of carbonyl (C=O) groups excluding carboxylic acids is 1. The number of piperidine rings is 2. The number of allylic oxidation sites excluding steroid dienone is 1. The number of ether oxygens (including phenoxy) is 2. The Bertz CT molecular complexity index is 2120. The molecule has 4 aliphatic rings. The molecule has 1 amide bonds. The van der Waals surface area contributed by atoms with Crippen molar-refractivity contribution < 1.29 is 19.4 Å². The smallest absolute Gasteiger partial charge is 0.410 e. The molecule has 4 fully saturated rings. The summed E-state index contributed by atoms with van der Waals surface area (Å²) in [6.45, 7) is 37.8. The van der Waals surface area contributed by atoms with Gasteiger partial charge < -0.3 is 29.3 Å². The molecule has 408 valence electrons. The lowest BCUT2D eigenvalue weighted by atomic mass is 9.78. The van der Waals surface area contributed by atoms with Crippen LogP contribution in [0.1, 0.15) is 158 Å². The second kappa shape index (κ2) is 27.6. The third-order valence-electron chi connectivity index (χ3n) is 16.2. The van der Waals surface area contributed by atoms with Gasteiger partial charge >= 0.3 is 6.09 Å². The second-order valence-corrected chi connectivity index (χ2v) is 26.5. The minimum Gasteiger partial charge on any atom is -0.444 e. The Morgan fingerprint density at radius 1 is 0.630 bits per heavy atom. The van der Waals surface area contributed by atoms with Crippen molar-refractivity contribution in [1.29, 1.82) is 0 Å². The molecule has 0 aliphatic carbocycles. The summed E-state index contributed by atoms with van der Waals surface area (Å²) in [6.07, 6.45) is 12.6. The van der Waals surface area contributed by atoms with Crippen molar-refractivity contribution in [3.63, 3.8) is 0 Å². The summed E-state index contributed by atoms with van der Waals surface area (Å²) < 4.78 is 11.0. The highest BCUT2D eigenvalue weighted by Gasteiger charge is 2.34. The van der Waals surface area contributed by atoms with Crippen molar-refractivity contribution in [2.45, 2.75) is 174 Å². The molecule has 1 N–H and O–H groups in total. The monoisotopic (exact) mass is 1060 g/mol.